The summed E-state index contributed by atoms with van der Waals surface area (Å²) >= 11 is 0. The van der Waals surface area contributed by atoms with Gasteiger partial charge in [0.25, 0.3) is 0 Å². The van der Waals surface area contributed by atoms with Crippen molar-refractivity contribution in [2.45, 2.75) is 64.8 Å². The quantitative estimate of drug-likeness (QED) is 0.605. The molecule has 1 aliphatic rings. The van der Waals surface area contributed by atoms with Gasteiger partial charge in [-0.1, -0.05) is 6.08 Å². The van der Waals surface area contributed by atoms with Crippen molar-refractivity contribution in [3.8, 4) is 0 Å². The van der Waals surface area contributed by atoms with Gasteiger partial charge >= 0.3 is 13.3 Å². The van der Waals surface area contributed by atoms with Crippen LogP contribution in [0.2, 0.25) is 0 Å². The molecule has 2 rings (SSSR count). The summed E-state index contributed by atoms with van der Waals surface area (Å²) in [5, 5.41) is 0. The van der Waals surface area contributed by atoms with E-state index in [0.717, 1.165) is 0 Å². The van der Waals surface area contributed by atoms with Gasteiger partial charge in [-0.3, -0.25) is 9.13 Å². The van der Waals surface area contributed by atoms with Crippen molar-refractivity contribution in [1.82, 2.24) is 9.55 Å². The summed E-state index contributed by atoms with van der Waals surface area (Å²) in [6, 6.07) is 1.16. The van der Waals surface area contributed by atoms with Crippen LogP contribution < -0.4 is 11.4 Å². The number of nitrogens with zero attached hydrogens (tertiary/aromatic N) is 2. The van der Waals surface area contributed by atoms with E-state index in [-0.39, 0.29) is 24.1 Å². The number of nitrogen functional groups attached to an aromatic ring is 1. The van der Waals surface area contributed by atoms with Gasteiger partial charge in [-0.2, -0.15) is 4.98 Å². The highest BCUT2D eigenvalue weighted by atomic mass is 31.2. The molecule has 140 valence electrons. The van der Waals surface area contributed by atoms with Crippen LogP contribution in [0.3, 0.4) is 0 Å². The first-order chi connectivity index (χ1) is 11.6. The Morgan fingerprint density at radius 1 is 1.24 bits per heavy atom. The lowest BCUT2D eigenvalue weighted by molar-refractivity contribution is 0.00377. The molecule has 8 nitrogen and oxygen atoms in total. The van der Waals surface area contributed by atoms with Crippen molar-refractivity contribution in [2.75, 3.05) is 5.73 Å². The number of ether oxygens (including phenoxy) is 1. The van der Waals surface area contributed by atoms with Crippen LogP contribution in [0.1, 0.15) is 40.7 Å². The molecule has 0 bridgehead atoms. The molecule has 0 fully saturated rings. The SMILES string of the molecule is CC(C)OP(=O)(OC(C)C)[C@@H]1C=C[C@H](n2ccc(N)nc2=O)[C@H](C)O1. The lowest BCUT2D eigenvalue weighted by atomic mass is 10.1. The number of anilines is 1. The van der Waals surface area contributed by atoms with Crippen LogP contribution in [-0.4, -0.2) is 33.7 Å². The second-order valence-corrected chi connectivity index (χ2v) is 8.51. The molecule has 3 atom stereocenters. The maximum atomic E-state index is 13.2. The van der Waals surface area contributed by atoms with Crippen LogP contribution in [-0.2, 0) is 18.3 Å². The predicted octanol–water partition coefficient (Wildman–Crippen LogP) is 2.71. The molecule has 0 aromatic carbocycles. The molecule has 0 unspecified atom stereocenters. The normalized spacial score (nSPS) is 24.2. The highest BCUT2D eigenvalue weighted by Gasteiger charge is 2.41. The van der Waals surface area contributed by atoms with E-state index in [1.807, 2.05) is 0 Å². The second kappa shape index (κ2) is 7.83. The van der Waals surface area contributed by atoms with E-state index in [9.17, 15) is 9.36 Å². The fraction of sp³-hybridized carbons (Fsp3) is 0.625. The van der Waals surface area contributed by atoms with Crippen LogP contribution in [0.4, 0.5) is 5.82 Å². The van der Waals surface area contributed by atoms with Crippen molar-refractivity contribution in [2.24, 2.45) is 0 Å². The van der Waals surface area contributed by atoms with Gasteiger partial charge in [0.05, 0.1) is 24.4 Å². The number of hydrogen-bond acceptors (Lipinski definition) is 7. The molecule has 9 heteroatoms. The molecule has 0 radical (unpaired) electrons. The molecule has 1 aromatic heterocycles. The molecule has 0 amide bonds. The van der Waals surface area contributed by atoms with Gasteiger partial charge < -0.3 is 19.5 Å². The highest BCUT2D eigenvalue weighted by molar-refractivity contribution is 7.54. The Bertz CT molecular complexity index is 717. The van der Waals surface area contributed by atoms with Crippen LogP contribution >= 0.6 is 7.60 Å². The molecular weight excluding hydrogens is 345 g/mol. The molecule has 0 spiro atoms. The zero-order valence-electron chi connectivity index (χ0n) is 15.2. The molecule has 0 aliphatic carbocycles. The molecule has 0 saturated carbocycles. The van der Waals surface area contributed by atoms with Gasteiger partial charge in [-0.15, -0.1) is 0 Å². The number of hydrogen-bond donors (Lipinski definition) is 1. The summed E-state index contributed by atoms with van der Waals surface area (Å²) < 4.78 is 31.6. The Hall–Kier alpha value is -1.47. The average molecular weight is 371 g/mol. The third kappa shape index (κ3) is 4.79. The number of aromatic nitrogens is 2. The zero-order chi connectivity index (χ0) is 18.8. The Kier molecular flexibility index (Phi) is 6.21. The minimum atomic E-state index is -3.51. The smallest absolute Gasteiger partial charge is 0.363 e. The summed E-state index contributed by atoms with van der Waals surface area (Å²) in [5.74, 6) is -0.673. The Labute approximate surface area is 147 Å². The third-order valence-corrected chi connectivity index (χ3v) is 5.86. The van der Waals surface area contributed by atoms with E-state index >= 15 is 0 Å². The van der Waals surface area contributed by atoms with Gasteiger partial charge in [0, 0.05) is 6.20 Å². The maximum Gasteiger partial charge on any atom is 0.363 e. The van der Waals surface area contributed by atoms with E-state index in [0.29, 0.717) is 0 Å². The first-order valence-electron chi connectivity index (χ1n) is 8.27. The molecule has 2 heterocycles. The molecule has 25 heavy (non-hydrogen) atoms. The van der Waals surface area contributed by atoms with Crippen LogP contribution in [0.25, 0.3) is 0 Å². The van der Waals surface area contributed by atoms with Crippen molar-refractivity contribution in [3.63, 3.8) is 0 Å². The van der Waals surface area contributed by atoms with Gasteiger partial charge in [-0.25, -0.2) is 4.79 Å². The fourth-order valence-corrected chi connectivity index (χ4v) is 4.71. The van der Waals surface area contributed by atoms with Gasteiger partial charge in [0.15, 0.2) is 5.85 Å². The Balaban J connectivity index is 2.29. The van der Waals surface area contributed by atoms with Gasteiger partial charge in [0.2, 0.25) is 0 Å². The van der Waals surface area contributed by atoms with Gasteiger partial charge in [0.1, 0.15) is 5.82 Å². The molecular formula is C16H26N3O5P. The third-order valence-electron chi connectivity index (χ3n) is 3.51. The molecule has 1 aliphatic heterocycles. The topological polar surface area (TPSA) is 106 Å². The predicted molar refractivity (Wildman–Crippen MR) is 95.5 cm³/mol. The lowest BCUT2D eigenvalue weighted by Gasteiger charge is -2.35. The number of rotatable bonds is 6. The minimum Gasteiger partial charge on any atom is -0.383 e. The standard InChI is InChI=1S/C16H26N3O5P/c1-10(2)23-25(21,24-11(3)4)15-7-6-13(12(5)22-15)19-9-8-14(17)18-16(19)20/h6-13,15H,1-5H3,(H2,17,18,20)/t12-,13-,15+/m0/s1. The number of nitrogens with two attached hydrogens (primary N) is 1. The molecule has 1 aromatic rings. The van der Waals surface area contributed by atoms with Crippen molar-refractivity contribution < 1.29 is 18.3 Å². The summed E-state index contributed by atoms with van der Waals surface area (Å²) in [4.78, 5) is 15.8. The van der Waals surface area contributed by atoms with E-state index in [4.69, 9.17) is 19.5 Å². The summed E-state index contributed by atoms with van der Waals surface area (Å²) in [6.07, 6.45) is 3.96. The monoisotopic (exact) mass is 371 g/mol. The summed E-state index contributed by atoms with van der Waals surface area (Å²) in [5.41, 5.74) is 5.05. The minimum absolute atomic E-state index is 0.160. The first-order valence-corrected chi connectivity index (χ1v) is 9.88. The summed E-state index contributed by atoms with van der Waals surface area (Å²) in [7, 11) is -3.51. The average Bonchev–Trinajstić information content (AvgIpc) is 2.46. The van der Waals surface area contributed by atoms with Gasteiger partial charge in [-0.05, 0) is 46.8 Å². The highest BCUT2D eigenvalue weighted by Crippen LogP contribution is 2.57. The Morgan fingerprint density at radius 3 is 2.32 bits per heavy atom. The second-order valence-electron chi connectivity index (χ2n) is 6.50. The summed E-state index contributed by atoms with van der Waals surface area (Å²) in [6.45, 7) is 8.94. The first kappa shape index (κ1) is 19.8. The largest absolute Gasteiger partial charge is 0.383 e. The van der Waals surface area contributed by atoms with E-state index in [1.165, 1.54) is 4.57 Å². The van der Waals surface area contributed by atoms with Crippen LogP contribution in [0.15, 0.2) is 29.2 Å². The van der Waals surface area contributed by atoms with Crippen molar-refractivity contribution in [1.29, 1.82) is 0 Å². The van der Waals surface area contributed by atoms with Crippen LogP contribution in [0.5, 0.6) is 0 Å². The van der Waals surface area contributed by atoms with E-state index < -0.39 is 25.2 Å². The van der Waals surface area contributed by atoms with E-state index in [2.05, 4.69) is 4.98 Å². The molecule has 2 N–H and O–H groups in total. The Morgan fingerprint density at radius 2 is 1.84 bits per heavy atom. The zero-order valence-corrected chi connectivity index (χ0v) is 16.1. The maximum absolute atomic E-state index is 13.2. The van der Waals surface area contributed by atoms with Crippen molar-refractivity contribution >= 4 is 13.4 Å². The van der Waals surface area contributed by atoms with Crippen molar-refractivity contribution in [3.05, 3.63) is 34.9 Å². The molecule has 0 saturated heterocycles. The lowest BCUT2D eigenvalue weighted by Crippen LogP contribution is -2.37. The van der Waals surface area contributed by atoms with Crippen LogP contribution in [0, 0.1) is 0 Å². The fourth-order valence-electron chi connectivity index (χ4n) is 2.60. The van der Waals surface area contributed by atoms with E-state index in [1.54, 1.807) is 59.0 Å².